The number of hydrogen-bond acceptors (Lipinski definition) is 5. The maximum atomic E-state index is 14.0. The van der Waals surface area contributed by atoms with Crippen molar-refractivity contribution in [3.63, 3.8) is 0 Å². The molecular formula is C21H19ClF6N4O2S. The van der Waals surface area contributed by atoms with Crippen molar-refractivity contribution < 1.29 is 35.9 Å². The van der Waals surface area contributed by atoms with Crippen molar-refractivity contribution in [3.8, 4) is 0 Å². The van der Waals surface area contributed by atoms with Gasteiger partial charge in [-0.2, -0.15) is 13.2 Å². The standard InChI is InChI=1S/C21H19ClF6N4O2S/c22-17(23)19(34)32(14-1-3-15(4-2-14)35-21(26,27)28)16(12-9-29-11-30-10-12)18(33)31-13-5-7-20(24,25)8-6-13/h1-4,9-11,13,16-17H,5-8H2,(H,31,33). The molecule has 1 aromatic heterocycles. The maximum absolute atomic E-state index is 14.0. The molecule has 1 aliphatic carbocycles. The molecule has 2 atom stereocenters. The van der Waals surface area contributed by atoms with Gasteiger partial charge in [-0.1, -0.05) is 11.6 Å². The second-order valence-electron chi connectivity index (χ2n) is 7.76. The van der Waals surface area contributed by atoms with Gasteiger partial charge in [0.25, 0.3) is 11.5 Å². The molecule has 2 amide bonds. The third-order valence-corrected chi connectivity index (χ3v) is 6.16. The van der Waals surface area contributed by atoms with Crippen LogP contribution in [0.15, 0.2) is 47.9 Å². The Morgan fingerprint density at radius 1 is 1.11 bits per heavy atom. The minimum atomic E-state index is -4.56. The summed E-state index contributed by atoms with van der Waals surface area (Å²) in [4.78, 5) is 34.2. The summed E-state index contributed by atoms with van der Waals surface area (Å²) in [6.45, 7) is 0. The molecule has 0 aliphatic heterocycles. The third kappa shape index (κ3) is 7.47. The highest BCUT2D eigenvalue weighted by Crippen LogP contribution is 2.39. The molecule has 190 valence electrons. The first kappa shape index (κ1) is 27.1. The molecule has 0 saturated heterocycles. The van der Waals surface area contributed by atoms with Gasteiger partial charge in [0.05, 0.1) is 0 Å². The summed E-state index contributed by atoms with van der Waals surface area (Å²) in [5, 5.41) is 2.60. The number of carbonyl (C=O) groups excluding carboxylic acids is 2. The van der Waals surface area contributed by atoms with E-state index in [4.69, 9.17) is 11.6 Å². The first-order valence-electron chi connectivity index (χ1n) is 10.3. The lowest BCUT2D eigenvalue weighted by Crippen LogP contribution is -2.49. The van der Waals surface area contributed by atoms with Crippen LogP contribution in [-0.2, 0) is 9.59 Å². The molecule has 0 spiro atoms. The van der Waals surface area contributed by atoms with E-state index in [0.29, 0.717) is 4.90 Å². The van der Waals surface area contributed by atoms with Crippen LogP contribution in [0.5, 0.6) is 0 Å². The van der Waals surface area contributed by atoms with Crippen LogP contribution >= 0.6 is 23.4 Å². The second kappa shape index (κ2) is 11.0. The minimum Gasteiger partial charge on any atom is -0.351 e. The van der Waals surface area contributed by atoms with Gasteiger partial charge < -0.3 is 5.32 Å². The first-order valence-corrected chi connectivity index (χ1v) is 11.5. The Kier molecular flexibility index (Phi) is 8.52. The Balaban J connectivity index is 1.96. The van der Waals surface area contributed by atoms with Gasteiger partial charge in [0, 0.05) is 47.4 Å². The fraction of sp³-hybridized carbons (Fsp3) is 0.429. The maximum Gasteiger partial charge on any atom is 0.446 e. The van der Waals surface area contributed by atoms with E-state index in [1.807, 2.05) is 0 Å². The van der Waals surface area contributed by atoms with Crippen molar-refractivity contribution >= 4 is 40.9 Å². The van der Waals surface area contributed by atoms with E-state index in [1.165, 1.54) is 12.4 Å². The quantitative estimate of drug-likeness (QED) is 0.289. The Morgan fingerprint density at radius 2 is 1.69 bits per heavy atom. The van der Waals surface area contributed by atoms with Gasteiger partial charge in [-0.3, -0.25) is 14.5 Å². The largest absolute Gasteiger partial charge is 0.446 e. The van der Waals surface area contributed by atoms with Crippen LogP contribution < -0.4 is 10.2 Å². The van der Waals surface area contributed by atoms with Gasteiger partial charge in [0.15, 0.2) is 0 Å². The zero-order valence-electron chi connectivity index (χ0n) is 17.8. The van der Waals surface area contributed by atoms with E-state index >= 15 is 0 Å². The predicted molar refractivity (Wildman–Crippen MR) is 117 cm³/mol. The molecule has 6 nitrogen and oxygen atoms in total. The van der Waals surface area contributed by atoms with Crippen LogP contribution in [0.1, 0.15) is 37.3 Å². The minimum absolute atomic E-state index is 0.0186. The van der Waals surface area contributed by atoms with Crippen LogP contribution in [0.4, 0.5) is 32.0 Å². The second-order valence-corrected chi connectivity index (χ2v) is 9.29. The molecule has 0 bridgehead atoms. The molecule has 1 fully saturated rings. The zero-order valence-corrected chi connectivity index (χ0v) is 19.4. The lowest BCUT2D eigenvalue weighted by atomic mass is 9.92. The van der Waals surface area contributed by atoms with E-state index in [0.717, 1.165) is 30.6 Å². The van der Waals surface area contributed by atoms with Crippen LogP contribution in [0.2, 0.25) is 0 Å². The first-order chi connectivity index (χ1) is 16.4. The van der Waals surface area contributed by atoms with Crippen molar-refractivity contribution in [1.82, 2.24) is 15.3 Å². The van der Waals surface area contributed by atoms with Gasteiger partial charge in [-0.15, -0.1) is 0 Å². The highest BCUT2D eigenvalue weighted by molar-refractivity contribution is 8.00. The predicted octanol–water partition coefficient (Wildman–Crippen LogP) is 5.39. The molecule has 0 radical (unpaired) electrons. The number of rotatable bonds is 7. The molecule has 2 unspecified atom stereocenters. The van der Waals surface area contributed by atoms with E-state index in [2.05, 4.69) is 15.3 Å². The van der Waals surface area contributed by atoms with Crippen molar-refractivity contribution in [3.05, 3.63) is 48.5 Å². The van der Waals surface area contributed by atoms with Crippen molar-refractivity contribution in [2.24, 2.45) is 0 Å². The SMILES string of the molecule is O=C(NC1CCC(F)(F)CC1)C(c1cncnc1)N(C(=O)C(F)Cl)c1ccc(SC(F)(F)F)cc1. The Hall–Kier alpha value is -2.54. The van der Waals surface area contributed by atoms with Crippen molar-refractivity contribution in [2.45, 2.75) is 59.7 Å². The summed E-state index contributed by atoms with van der Waals surface area (Å²) in [6, 6.07) is 2.11. The number of thioether (sulfide) groups is 1. The van der Waals surface area contributed by atoms with Crippen LogP contribution in [0, 0.1) is 0 Å². The number of benzene rings is 1. The molecule has 1 heterocycles. The van der Waals surface area contributed by atoms with Gasteiger partial charge in [-0.25, -0.2) is 23.1 Å². The van der Waals surface area contributed by atoms with Crippen molar-refractivity contribution in [1.29, 1.82) is 0 Å². The summed E-state index contributed by atoms with van der Waals surface area (Å²) in [6.07, 6.45) is 2.63. The average molecular weight is 541 g/mol. The smallest absolute Gasteiger partial charge is 0.351 e. The summed E-state index contributed by atoms with van der Waals surface area (Å²) in [5.41, 5.74) is -7.22. The lowest BCUT2D eigenvalue weighted by Gasteiger charge is -2.34. The van der Waals surface area contributed by atoms with E-state index in [1.54, 1.807) is 0 Å². The highest BCUT2D eigenvalue weighted by Gasteiger charge is 2.40. The molecule has 2 aromatic rings. The van der Waals surface area contributed by atoms with E-state index < -0.39 is 65.6 Å². The third-order valence-electron chi connectivity index (χ3n) is 5.24. The van der Waals surface area contributed by atoms with Gasteiger partial charge >= 0.3 is 5.51 Å². The average Bonchev–Trinajstić information content (AvgIpc) is 2.78. The van der Waals surface area contributed by atoms with Crippen LogP contribution in [0.25, 0.3) is 0 Å². The van der Waals surface area contributed by atoms with E-state index in [9.17, 15) is 35.9 Å². The van der Waals surface area contributed by atoms with Crippen LogP contribution in [0.3, 0.4) is 0 Å². The molecule has 1 saturated carbocycles. The summed E-state index contributed by atoms with van der Waals surface area (Å²) < 4.78 is 79.0. The number of alkyl halides is 7. The molecule has 35 heavy (non-hydrogen) atoms. The number of anilines is 1. The lowest BCUT2D eigenvalue weighted by molar-refractivity contribution is -0.128. The normalized spacial score (nSPS) is 17.9. The molecule has 1 aromatic carbocycles. The topological polar surface area (TPSA) is 75.2 Å². The Bertz CT molecular complexity index is 1020. The number of carbonyl (C=O) groups is 2. The highest BCUT2D eigenvalue weighted by atomic mass is 35.5. The molecule has 1 aliphatic rings. The fourth-order valence-corrected chi connectivity index (χ4v) is 4.30. The molecular weight excluding hydrogens is 522 g/mol. The van der Waals surface area contributed by atoms with Crippen LogP contribution in [-0.4, -0.2) is 44.9 Å². The number of nitrogens with zero attached hydrogens (tertiary/aromatic N) is 3. The van der Waals surface area contributed by atoms with E-state index in [-0.39, 0.29) is 29.0 Å². The number of nitrogens with one attached hydrogen (secondary N) is 1. The molecule has 3 rings (SSSR count). The zero-order chi connectivity index (χ0) is 25.8. The number of amides is 2. The number of aromatic nitrogens is 2. The van der Waals surface area contributed by atoms with Gasteiger partial charge in [0.1, 0.15) is 12.4 Å². The number of hydrogen-bond donors (Lipinski definition) is 1. The summed E-state index contributed by atoms with van der Waals surface area (Å²) in [5.74, 6) is -5.04. The van der Waals surface area contributed by atoms with Gasteiger partial charge in [-0.05, 0) is 48.9 Å². The Morgan fingerprint density at radius 3 is 2.20 bits per heavy atom. The van der Waals surface area contributed by atoms with Crippen molar-refractivity contribution in [2.75, 3.05) is 4.90 Å². The summed E-state index contributed by atoms with van der Waals surface area (Å²) >= 11 is 5.00. The monoisotopic (exact) mass is 540 g/mol. The molecule has 14 heteroatoms. The van der Waals surface area contributed by atoms with Gasteiger partial charge in [0.2, 0.25) is 11.8 Å². The summed E-state index contributed by atoms with van der Waals surface area (Å²) in [7, 11) is 0. The number of halogens is 7. The fourth-order valence-electron chi connectivity index (χ4n) is 3.65. The molecule has 1 N–H and O–H groups in total. The Labute approximate surface area is 205 Å².